The van der Waals surface area contributed by atoms with E-state index in [1.54, 1.807) is 12.3 Å². The summed E-state index contributed by atoms with van der Waals surface area (Å²) in [4.78, 5) is 6.59. The zero-order chi connectivity index (χ0) is 13.0. The van der Waals surface area contributed by atoms with Crippen molar-refractivity contribution in [2.24, 2.45) is 0 Å². The lowest BCUT2D eigenvalue weighted by molar-refractivity contribution is 0.281. The molecule has 1 fully saturated rings. The largest absolute Gasteiger partial charge is 0.392 e. The molecule has 1 aliphatic rings. The molecule has 0 saturated heterocycles. The number of halogens is 1. The monoisotopic (exact) mass is 268 g/mol. The molecule has 1 N–H and O–H groups in total. The quantitative estimate of drug-likeness (QED) is 0.854. The summed E-state index contributed by atoms with van der Waals surface area (Å²) in [6.07, 6.45) is 9.41. The molecule has 0 unspecified atom stereocenters. The van der Waals surface area contributed by atoms with Crippen LogP contribution in [0.5, 0.6) is 0 Å². The minimum Gasteiger partial charge on any atom is -0.392 e. The van der Waals surface area contributed by atoms with Crippen molar-refractivity contribution in [1.29, 1.82) is 0 Å². The Labute approximate surface area is 114 Å². The van der Waals surface area contributed by atoms with Crippen LogP contribution in [-0.4, -0.2) is 23.2 Å². The molecule has 2 rings (SSSR count). The number of hydrogen-bond donors (Lipinski definition) is 1. The van der Waals surface area contributed by atoms with Crippen LogP contribution in [0, 0.1) is 0 Å². The van der Waals surface area contributed by atoms with Gasteiger partial charge in [-0.2, -0.15) is 0 Å². The maximum atomic E-state index is 9.07. The minimum atomic E-state index is -0.0137. The third-order valence-corrected chi connectivity index (χ3v) is 4.05. The predicted octanol–water partition coefficient (Wildman–Crippen LogP) is 3.39. The standard InChI is InChI=1S/C14H21ClN2O/c1-17(12-6-4-2-3-5-7-12)14-13(15)8-11(10-18)9-16-14/h8-9,12,18H,2-7,10H2,1H3. The van der Waals surface area contributed by atoms with E-state index in [0.717, 1.165) is 11.4 Å². The molecule has 1 aliphatic carbocycles. The van der Waals surface area contributed by atoms with Gasteiger partial charge in [-0.3, -0.25) is 0 Å². The molecule has 0 bridgehead atoms. The van der Waals surface area contributed by atoms with Gasteiger partial charge in [-0.15, -0.1) is 0 Å². The Morgan fingerprint density at radius 2 is 2.00 bits per heavy atom. The van der Waals surface area contributed by atoms with Crippen molar-refractivity contribution in [2.75, 3.05) is 11.9 Å². The molecule has 1 aromatic rings. The average Bonchev–Trinajstić information content (AvgIpc) is 2.66. The van der Waals surface area contributed by atoms with Gasteiger partial charge in [0.15, 0.2) is 0 Å². The van der Waals surface area contributed by atoms with Gasteiger partial charge in [0.2, 0.25) is 0 Å². The van der Waals surface area contributed by atoms with Crippen LogP contribution in [0.15, 0.2) is 12.3 Å². The molecule has 0 aliphatic heterocycles. The SMILES string of the molecule is CN(c1ncc(CO)cc1Cl)C1CCCCCC1. The van der Waals surface area contributed by atoms with Crippen LogP contribution in [0.3, 0.4) is 0 Å². The Balaban J connectivity index is 2.14. The van der Waals surface area contributed by atoms with Crippen molar-refractivity contribution in [3.8, 4) is 0 Å². The first-order chi connectivity index (χ1) is 8.72. The highest BCUT2D eigenvalue weighted by molar-refractivity contribution is 6.33. The van der Waals surface area contributed by atoms with Gasteiger partial charge >= 0.3 is 0 Å². The van der Waals surface area contributed by atoms with E-state index >= 15 is 0 Å². The molecule has 0 atom stereocenters. The summed E-state index contributed by atoms with van der Waals surface area (Å²) in [5, 5.41) is 9.70. The number of aromatic nitrogens is 1. The first kappa shape index (κ1) is 13.6. The summed E-state index contributed by atoms with van der Waals surface area (Å²) >= 11 is 6.25. The summed E-state index contributed by atoms with van der Waals surface area (Å²) < 4.78 is 0. The van der Waals surface area contributed by atoms with Gasteiger partial charge in [0.25, 0.3) is 0 Å². The second kappa shape index (κ2) is 6.39. The predicted molar refractivity (Wildman–Crippen MR) is 75.1 cm³/mol. The van der Waals surface area contributed by atoms with Gasteiger partial charge in [-0.1, -0.05) is 37.3 Å². The Kier molecular flexibility index (Phi) is 4.84. The van der Waals surface area contributed by atoms with E-state index in [0.29, 0.717) is 11.1 Å². The first-order valence-corrected chi connectivity index (χ1v) is 7.08. The van der Waals surface area contributed by atoms with Crippen molar-refractivity contribution in [1.82, 2.24) is 4.98 Å². The third-order valence-electron chi connectivity index (χ3n) is 3.77. The van der Waals surface area contributed by atoms with Crippen LogP contribution in [0.2, 0.25) is 5.02 Å². The average molecular weight is 269 g/mol. The molecule has 1 heterocycles. The van der Waals surface area contributed by atoms with E-state index < -0.39 is 0 Å². The van der Waals surface area contributed by atoms with E-state index in [-0.39, 0.29) is 6.61 Å². The van der Waals surface area contributed by atoms with E-state index in [1.165, 1.54) is 38.5 Å². The van der Waals surface area contributed by atoms with E-state index in [2.05, 4.69) is 16.9 Å². The number of hydrogen-bond acceptors (Lipinski definition) is 3. The normalized spacial score (nSPS) is 17.5. The molecule has 1 saturated carbocycles. The molecular weight excluding hydrogens is 248 g/mol. The zero-order valence-electron chi connectivity index (χ0n) is 10.9. The first-order valence-electron chi connectivity index (χ1n) is 6.70. The molecule has 0 spiro atoms. The van der Waals surface area contributed by atoms with Crippen LogP contribution < -0.4 is 4.90 Å². The van der Waals surface area contributed by atoms with Gasteiger partial charge < -0.3 is 10.0 Å². The molecule has 3 nitrogen and oxygen atoms in total. The smallest absolute Gasteiger partial charge is 0.147 e. The van der Waals surface area contributed by atoms with Gasteiger partial charge in [0.1, 0.15) is 5.82 Å². The van der Waals surface area contributed by atoms with Crippen molar-refractivity contribution in [2.45, 2.75) is 51.2 Å². The molecule has 0 amide bonds. The lowest BCUT2D eigenvalue weighted by Crippen LogP contribution is -2.32. The molecule has 1 aromatic heterocycles. The maximum Gasteiger partial charge on any atom is 0.147 e. The fraction of sp³-hybridized carbons (Fsp3) is 0.643. The van der Waals surface area contributed by atoms with E-state index in [1.807, 2.05) is 0 Å². The molecule has 100 valence electrons. The van der Waals surface area contributed by atoms with Crippen molar-refractivity contribution in [3.63, 3.8) is 0 Å². The lowest BCUT2D eigenvalue weighted by Gasteiger charge is -2.29. The second-order valence-electron chi connectivity index (χ2n) is 5.06. The second-order valence-corrected chi connectivity index (χ2v) is 5.47. The highest BCUT2D eigenvalue weighted by Gasteiger charge is 2.20. The Morgan fingerprint density at radius 3 is 2.56 bits per heavy atom. The molecule has 0 radical (unpaired) electrons. The van der Waals surface area contributed by atoms with Crippen LogP contribution in [0.4, 0.5) is 5.82 Å². The van der Waals surface area contributed by atoms with Gasteiger partial charge in [-0.25, -0.2) is 4.98 Å². The Morgan fingerprint density at radius 1 is 1.33 bits per heavy atom. The molecule has 4 heteroatoms. The van der Waals surface area contributed by atoms with Crippen LogP contribution >= 0.6 is 11.6 Å². The van der Waals surface area contributed by atoms with Crippen LogP contribution in [0.25, 0.3) is 0 Å². The summed E-state index contributed by atoms with van der Waals surface area (Å²) in [6.45, 7) is -0.0137. The molecule has 0 aromatic carbocycles. The topological polar surface area (TPSA) is 36.4 Å². The summed E-state index contributed by atoms with van der Waals surface area (Å²) in [5.41, 5.74) is 0.762. The number of pyridine rings is 1. The highest BCUT2D eigenvalue weighted by atomic mass is 35.5. The van der Waals surface area contributed by atoms with Crippen molar-refractivity contribution < 1.29 is 5.11 Å². The van der Waals surface area contributed by atoms with Crippen LogP contribution in [-0.2, 0) is 6.61 Å². The summed E-state index contributed by atoms with van der Waals surface area (Å²) in [6, 6.07) is 2.34. The Bertz CT molecular complexity index is 389. The number of aliphatic hydroxyl groups excluding tert-OH is 1. The third kappa shape index (κ3) is 3.15. The molecule has 18 heavy (non-hydrogen) atoms. The number of rotatable bonds is 3. The van der Waals surface area contributed by atoms with Crippen molar-refractivity contribution >= 4 is 17.4 Å². The van der Waals surface area contributed by atoms with Gasteiger partial charge in [0.05, 0.1) is 11.6 Å². The van der Waals surface area contributed by atoms with Crippen molar-refractivity contribution in [3.05, 3.63) is 22.8 Å². The zero-order valence-corrected chi connectivity index (χ0v) is 11.7. The molecular formula is C14H21ClN2O. The number of anilines is 1. The lowest BCUT2D eigenvalue weighted by atomic mass is 10.1. The van der Waals surface area contributed by atoms with Crippen LogP contribution in [0.1, 0.15) is 44.1 Å². The fourth-order valence-electron chi connectivity index (χ4n) is 2.63. The van der Waals surface area contributed by atoms with Gasteiger partial charge in [0, 0.05) is 19.3 Å². The Hall–Kier alpha value is -0.800. The number of nitrogens with zero attached hydrogens (tertiary/aromatic N) is 2. The van der Waals surface area contributed by atoms with Gasteiger partial charge in [-0.05, 0) is 24.5 Å². The van der Waals surface area contributed by atoms with E-state index in [4.69, 9.17) is 16.7 Å². The highest BCUT2D eigenvalue weighted by Crippen LogP contribution is 2.29. The summed E-state index contributed by atoms with van der Waals surface area (Å²) in [5.74, 6) is 0.834. The fourth-order valence-corrected chi connectivity index (χ4v) is 2.96. The van der Waals surface area contributed by atoms with E-state index in [9.17, 15) is 0 Å². The summed E-state index contributed by atoms with van der Waals surface area (Å²) in [7, 11) is 2.07. The number of aliphatic hydroxyl groups is 1. The maximum absolute atomic E-state index is 9.07. The minimum absolute atomic E-state index is 0.0137.